The molecule has 1 aromatic heterocycles. The van der Waals surface area contributed by atoms with Gasteiger partial charge in [-0.3, -0.25) is 4.99 Å². The van der Waals surface area contributed by atoms with Gasteiger partial charge in [-0.1, -0.05) is 18.2 Å². The zero-order chi connectivity index (χ0) is 13.1. The van der Waals surface area contributed by atoms with Crippen molar-refractivity contribution in [2.24, 2.45) is 4.99 Å². The minimum absolute atomic E-state index is 0.398. The molecule has 1 aliphatic rings. The molecule has 3 rings (SSSR count). The van der Waals surface area contributed by atoms with Crippen molar-refractivity contribution in [1.82, 2.24) is 25.4 Å². The van der Waals surface area contributed by atoms with E-state index in [2.05, 4.69) is 32.6 Å². The zero-order valence-corrected chi connectivity index (χ0v) is 10.7. The predicted molar refractivity (Wildman–Crippen MR) is 73.1 cm³/mol. The summed E-state index contributed by atoms with van der Waals surface area (Å²) < 4.78 is 1.83. The van der Waals surface area contributed by atoms with Gasteiger partial charge in [0.2, 0.25) is 0 Å². The summed E-state index contributed by atoms with van der Waals surface area (Å²) in [5.74, 6) is 1.69. The van der Waals surface area contributed by atoms with Crippen LogP contribution in [0.5, 0.6) is 0 Å². The summed E-state index contributed by atoms with van der Waals surface area (Å²) in [5.41, 5.74) is 1.01. The third-order valence-electron chi connectivity index (χ3n) is 2.94. The number of para-hydroxylation sites is 1. The number of rotatable bonds is 3. The van der Waals surface area contributed by atoms with Crippen LogP contribution < -0.4 is 10.6 Å². The Morgan fingerprint density at radius 1 is 1.37 bits per heavy atom. The minimum atomic E-state index is 0.398. The van der Waals surface area contributed by atoms with Crippen LogP contribution in [0.25, 0.3) is 5.69 Å². The van der Waals surface area contributed by atoms with Gasteiger partial charge in [-0.2, -0.15) is 5.10 Å². The average molecular weight is 256 g/mol. The van der Waals surface area contributed by atoms with Gasteiger partial charge in [0.25, 0.3) is 0 Å². The highest BCUT2D eigenvalue weighted by Gasteiger charge is 2.13. The molecule has 0 radical (unpaired) electrons. The largest absolute Gasteiger partial charge is 0.352 e. The van der Waals surface area contributed by atoms with Gasteiger partial charge in [-0.05, 0) is 19.1 Å². The fraction of sp³-hybridized carbons (Fsp3) is 0.308. The second kappa shape index (κ2) is 5.09. The van der Waals surface area contributed by atoms with Gasteiger partial charge in [0.15, 0.2) is 11.8 Å². The number of nitrogens with zero attached hydrogens (tertiary/aromatic N) is 4. The lowest BCUT2D eigenvalue weighted by Gasteiger charge is -2.09. The Morgan fingerprint density at radius 3 is 2.95 bits per heavy atom. The SMILES string of the molecule is CC1CN=C(NCc2ncnn2-c2ccccc2)N1. The molecule has 0 saturated carbocycles. The zero-order valence-electron chi connectivity index (χ0n) is 10.7. The maximum Gasteiger partial charge on any atom is 0.191 e. The maximum absolute atomic E-state index is 4.36. The van der Waals surface area contributed by atoms with Gasteiger partial charge >= 0.3 is 0 Å². The van der Waals surface area contributed by atoms with Crippen molar-refractivity contribution in [3.05, 3.63) is 42.5 Å². The van der Waals surface area contributed by atoms with E-state index in [1.165, 1.54) is 0 Å². The van der Waals surface area contributed by atoms with E-state index in [-0.39, 0.29) is 0 Å². The number of aromatic nitrogens is 3. The van der Waals surface area contributed by atoms with Crippen LogP contribution >= 0.6 is 0 Å². The first-order chi connectivity index (χ1) is 9.33. The van der Waals surface area contributed by atoms with Crippen molar-refractivity contribution < 1.29 is 0 Å². The van der Waals surface area contributed by atoms with Gasteiger partial charge < -0.3 is 10.6 Å². The van der Waals surface area contributed by atoms with Gasteiger partial charge in [0.1, 0.15) is 6.33 Å². The molecule has 6 heteroatoms. The molecule has 0 saturated heterocycles. The smallest absolute Gasteiger partial charge is 0.191 e. The number of guanidine groups is 1. The number of hydrogen-bond acceptors (Lipinski definition) is 5. The summed E-state index contributed by atoms with van der Waals surface area (Å²) in [5, 5.41) is 10.7. The molecule has 2 heterocycles. The summed E-state index contributed by atoms with van der Waals surface area (Å²) in [7, 11) is 0. The fourth-order valence-corrected chi connectivity index (χ4v) is 1.99. The topological polar surface area (TPSA) is 67.1 Å². The van der Waals surface area contributed by atoms with Crippen molar-refractivity contribution >= 4 is 5.96 Å². The summed E-state index contributed by atoms with van der Waals surface area (Å²) in [6.45, 7) is 3.51. The molecule has 0 fully saturated rings. The first kappa shape index (κ1) is 11.7. The molecule has 98 valence electrons. The van der Waals surface area contributed by atoms with Crippen molar-refractivity contribution in [1.29, 1.82) is 0 Å². The van der Waals surface area contributed by atoms with Gasteiger partial charge in [0.05, 0.1) is 18.8 Å². The molecule has 1 atom stereocenters. The molecule has 19 heavy (non-hydrogen) atoms. The lowest BCUT2D eigenvalue weighted by atomic mass is 10.3. The van der Waals surface area contributed by atoms with E-state index < -0.39 is 0 Å². The number of hydrogen-bond donors (Lipinski definition) is 2. The van der Waals surface area contributed by atoms with Crippen LogP contribution in [0.1, 0.15) is 12.7 Å². The van der Waals surface area contributed by atoms with Crippen LogP contribution in [0.4, 0.5) is 0 Å². The Kier molecular flexibility index (Phi) is 3.14. The number of benzene rings is 1. The van der Waals surface area contributed by atoms with E-state index in [9.17, 15) is 0 Å². The van der Waals surface area contributed by atoms with E-state index in [1.54, 1.807) is 6.33 Å². The molecule has 0 bridgehead atoms. The van der Waals surface area contributed by atoms with Crippen LogP contribution in [0, 0.1) is 0 Å². The van der Waals surface area contributed by atoms with Crippen LogP contribution in [-0.4, -0.2) is 33.3 Å². The fourth-order valence-electron chi connectivity index (χ4n) is 1.99. The lowest BCUT2D eigenvalue weighted by Crippen LogP contribution is -2.37. The minimum Gasteiger partial charge on any atom is -0.352 e. The molecule has 0 aliphatic carbocycles. The second-order valence-electron chi connectivity index (χ2n) is 4.51. The first-order valence-electron chi connectivity index (χ1n) is 6.32. The molecule has 0 amide bonds. The quantitative estimate of drug-likeness (QED) is 0.848. The molecule has 1 unspecified atom stereocenters. The molecular weight excluding hydrogens is 240 g/mol. The summed E-state index contributed by atoms with van der Waals surface area (Å²) in [6.07, 6.45) is 1.57. The molecule has 0 spiro atoms. The van der Waals surface area contributed by atoms with Crippen LogP contribution in [0.3, 0.4) is 0 Å². The molecule has 1 aliphatic heterocycles. The highest BCUT2D eigenvalue weighted by atomic mass is 15.3. The molecular formula is C13H16N6. The van der Waals surface area contributed by atoms with Crippen molar-refractivity contribution in [2.45, 2.75) is 19.5 Å². The summed E-state index contributed by atoms with van der Waals surface area (Å²) in [4.78, 5) is 8.63. The van der Waals surface area contributed by atoms with Crippen molar-refractivity contribution in [3.8, 4) is 5.69 Å². The lowest BCUT2D eigenvalue weighted by molar-refractivity contribution is 0.701. The standard InChI is InChI=1S/C13H16N6/c1-10-7-14-13(18-10)15-8-12-16-9-17-19(12)11-5-3-2-4-6-11/h2-6,9-10H,7-8H2,1H3,(H2,14,15,18). The number of nitrogens with one attached hydrogen (secondary N) is 2. The Hall–Kier alpha value is -2.37. The van der Waals surface area contributed by atoms with Gasteiger partial charge in [-0.15, -0.1) is 0 Å². The van der Waals surface area contributed by atoms with E-state index in [1.807, 2.05) is 35.0 Å². The predicted octanol–water partition coefficient (Wildman–Crippen LogP) is 0.705. The molecule has 6 nitrogen and oxygen atoms in total. The third-order valence-corrected chi connectivity index (χ3v) is 2.94. The summed E-state index contributed by atoms with van der Waals surface area (Å²) >= 11 is 0. The molecule has 1 aromatic carbocycles. The van der Waals surface area contributed by atoms with E-state index in [0.29, 0.717) is 12.6 Å². The van der Waals surface area contributed by atoms with Gasteiger partial charge in [0, 0.05) is 6.04 Å². The third kappa shape index (κ3) is 2.57. The average Bonchev–Trinajstić information content (AvgIpc) is 3.06. The Morgan fingerprint density at radius 2 is 2.21 bits per heavy atom. The summed E-state index contributed by atoms with van der Waals surface area (Å²) in [6, 6.07) is 10.4. The van der Waals surface area contributed by atoms with Crippen LogP contribution in [0.2, 0.25) is 0 Å². The van der Waals surface area contributed by atoms with Crippen LogP contribution in [0.15, 0.2) is 41.7 Å². The Labute approximate surface area is 111 Å². The van der Waals surface area contributed by atoms with E-state index in [4.69, 9.17) is 0 Å². The molecule has 2 aromatic rings. The maximum atomic E-state index is 4.36. The van der Waals surface area contributed by atoms with Crippen molar-refractivity contribution in [3.63, 3.8) is 0 Å². The van der Waals surface area contributed by atoms with Crippen LogP contribution in [-0.2, 0) is 6.54 Å². The number of aliphatic imine (C=N–C) groups is 1. The Balaban J connectivity index is 1.71. The van der Waals surface area contributed by atoms with Crippen molar-refractivity contribution in [2.75, 3.05) is 6.54 Å². The Bertz CT molecular complexity index is 574. The van der Waals surface area contributed by atoms with E-state index >= 15 is 0 Å². The molecule has 2 N–H and O–H groups in total. The highest BCUT2D eigenvalue weighted by molar-refractivity contribution is 5.81. The van der Waals surface area contributed by atoms with Gasteiger partial charge in [-0.25, -0.2) is 9.67 Å². The monoisotopic (exact) mass is 256 g/mol. The normalized spacial score (nSPS) is 17.9. The first-order valence-corrected chi connectivity index (χ1v) is 6.32. The highest BCUT2D eigenvalue weighted by Crippen LogP contribution is 2.07. The van der Waals surface area contributed by atoms with E-state index in [0.717, 1.165) is 24.0 Å². The second-order valence-corrected chi connectivity index (χ2v) is 4.51.